The molecule has 10 heteroatoms. The molecule has 0 heterocycles. The van der Waals surface area contributed by atoms with Gasteiger partial charge in [0.05, 0.1) is 10.6 Å². The quantitative estimate of drug-likeness (QED) is 0.619. The van der Waals surface area contributed by atoms with Crippen LogP contribution in [0.25, 0.3) is 0 Å². The van der Waals surface area contributed by atoms with Gasteiger partial charge in [-0.15, -0.1) is 0 Å². The highest BCUT2D eigenvalue weighted by molar-refractivity contribution is 6.31. The Bertz CT molecular complexity index is 812. The van der Waals surface area contributed by atoms with Crippen molar-refractivity contribution in [3.63, 3.8) is 0 Å². The molecule has 0 fully saturated rings. The number of nitrogens with zero attached hydrogens (tertiary/aromatic N) is 1. The fraction of sp³-hybridized carbons (Fsp3) is 0.133. The van der Waals surface area contributed by atoms with Crippen molar-refractivity contribution in [2.75, 3.05) is 11.9 Å². The molecule has 0 aliphatic rings. The lowest BCUT2D eigenvalue weighted by Gasteiger charge is -2.13. The third kappa shape index (κ3) is 5.08. The topological polar surface area (TPSA) is 81.5 Å². The molecule has 1 amide bonds. The summed E-state index contributed by atoms with van der Waals surface area (Å²) in [6.45, 7) is -1.54. The standard InChI is InChI=1S/C15H10ClF3N2O4/c16-9-5-6-10(12(7-9)21(23)24)14(22)20-11-3-1-2-4-13(11)25-8-15(17,18)19/h1-7H,8H2,(H,20,22). The first kappa shape index (κ1) is 18.5. The molecular weight excluding hydrogens is 365 g/mol. The first-order chi connectivity index (χ1) is 11.7. The zero-order chi connectivity index (χ0) is 18.6. The number of hydrogen-bond donors (Lipinski definition) is 1. The molecule has 132 valence electrons. The third-order valence-electron chi connectivity index (χ3n) is 2.93. The van der Waals surface area contributed by atoms with Crippen molar-refractivity contribution in [2.45, 2.75) is 6.18 Å². The maximum Gasteiger partial charge on any atom is 0.422 e. The summed E-state index contributed by atoms with van der Waals surface area (Å²) in [5.41, 5.74) is -0.875. The molecule has 25 heavy (non-hydrogen) atoms. The second kappa shape index (κ2) is 7.39. The Morgan fingerprint density at radius 1 is 1.24 bits per heavy atom. The Labute approximate surface area is 144 Å². The number of alkyl halides is 3. The first-order valence-electron chi connectivity index (χ1n) is 6.71. The second-order valence-corrected chi connectivity index (χ2v) is 5.21. The number of hydrogen-bond acceptors (Lipinski definition) is 4. The van der Waals surface area contributed by atoms with Gasteiger partial charge in [-0.1, -0.05) is 23.7 Å². The van der Waals surface area contributed by atoms with Crippen LogP contribution in [0.2, 0.25) is 5.02 Å². The number of nitro benzene ring substituents is 1. The monoisotopic (exact) mass is 374 g/mol. The van der Waals surface area contributed by atoms with Crippen LogP contribution in [0.15, 0.2) is 42.5 Å². The van der Waals surface area contributed by atoms with E-state index >= 15 is 0 Å². The van der Waals surface area contributed by atoms with Gasteiger partial charge in [0.2, 0.25) is 0 Å². The van der Waals surface area contributed by atoms with E-state index in [-0.39, 0.29) is 22.0 Å². The van der Waals surface area contributed by atoms with Gasteiger partial charge >= 0.3 is 6.18 Å². The van der Waals surface area contributed by atoms with Gasteiger partial charge < -0.3 is 10.1 Å². The van der Waals surface area contributed by atoms with Gasteiger partial charge in [0.25, 0.3) is 11.6 Å². The number of nitrogens with one attached hydrogen (secondary N) is 1. The smallest absolute Gasteiger partial charge is 0.422 e. The molecule has 0 unspecified atom stereocenters. The van der Waals surface area contributed by atoms with Crippen molar-refractivity contribution in [3.8, 4) is 5.75 Å². The van der Waals surface area contributed by atoms with E-state index in [1.54, 1.807) is 0 Å². The summed E-state index contributed by atoms with van der Waals surface area (Å²) in [4.78, 5) is 22.5. The molecular formula is C15H10ClF3N2O4. The van der Waals surface area contributed by atoms with E-state index in [1.165, 1.54) is 30.3 Å². The lowest BCUT2D eigenvalue weighted by atomic mass is 10.1. The van der Waals surface area contributed by atoms with E-state index in [4.69, 9.17) is 11.6 Å². The predicted molar refractivity (Wildman–Crippen MR) is 84.1 cm³/mol. The lowest BCUT2D eigenvalue weighted by Crippen LogP contribution is -2.20. The van der Waals surface area contributed by atoms with Gasteiger partial charge in [-0.25, -0.2) is 0 Å². The number of para-hydroxylation sites is 2. The Kier molecular flexibility index (Phi) is 5.48. The highest BCUT2D eigenvalue weighted by Crippen LogP contribution is 2.29. The second-order valence-electron chi connectivity index (χ2n) is 4.77. The van der Waals surface area contributed by atoms with Crippen molar-refractivity contribution < 1.29 is 27.6 Å². The maximum atomic E-state index is 12.3. The summed E-state index contributed by atoms with van der Waals surface area (Å²) in [6.07, 6.45) is -4.55. The number of halogens is 4. The average Bonchev–Trinajstić information content (AvgIpc) is 2.53. The maximum absolute atomic E-state index is 12.3. The highest BCUT2D eigenvalue weighted by atomic mass is 35.5. The number of amides is 1. The van der Waals surface area contributed by atoms with Crippen molar-refractivity contribution >= 4 is 28.9 Å². The van der Waals surface area contributed by atoms with Crippen LogP contribution >= 0.6 is 11.6 Å². The number of nitro groups is 1. The van der Waals surface area contributed by atoms with Gasteiger partial charge in [-0.3, -0.25) is 14.9 Å². The Balaban J connectivity index is 2.26. The highest BCUT2D eigenvalue weighted by Gasteiger charge is 2.29. The van der Waals surface area contributed by atoms with Crippen molar-refractivity contribution in [1.82, 2.24) is 0 Å². The number of rotatable bonds is 5. The molecule has 0 aliphatic heterocycles. The summed E-state index contributed by atoms with van der Waals surface area (Å²) in [7, 11) is 0. The molecule has 2 aromatic carbocycles. The fourth-order valence-electron chi connectivity index (χ4n) is 1.89. The molecule has 0 spiro atoms. The van der Waals surface area contributed by atoms with Gasteiger partial charge in [0.1, 0.15) is 11.3 Å². The summed E-state index contributed by atoms with van der Waals surface area (Å²) in [6, 6.07) is 8.87. The SMILES string of the molecule is O=C(Nc1ccccc1OCC(F)(F)F)c1ccc(Cl)cc1[N+](=O)[O-]. The molecule has 2 aromatic rings. The van der Waals surface area contributed by atoms with Crippen LogP contribution < -0.4 is 10.1 Å². The summed E-state index contributed by atoms with van der Waals surface area (Å²) in [5, 5.41) is 13.4. The number of anilines is 1. The van der Waals surface area contributed by atoms with Gasteiger partial charge in [0, 0.05) is 11.1 Å². The number of benzene rings is 2. The van der Waals surface area contributed by atoms with Crippen LogP contribution in [-0.4, -0.2) is 23.6 Å². The minimum absolute atomic E-state index is 0.0546. The van der Waals surface area contributed by atoms with Crippen LogP contribution in [0.4, 0.5) is 24.5 Å². The largest absolute Gasteiger partial charge is 0.482 e. The number of carbonyl (C=O) groups is 1. The lowest BCUT2D eigenvalue weighted by molar-refractivity contribution is -0.385. The molecule has 0 aliphatic carbocycles. The summed E-state index contributed by atoms with van der Waals surface area (Å²) < 4.78 is 41.5. The zero-order valence-electron chi connectivity index (χ0n) is 12.3. The van der Waals surface area contributed by atoms with E-state index < -0.39 is 29.3 Å². The summed E-state index contributed by atoms with van der Waals surface area (Å²) in [5.74, 6) is -1.10. The minimum atomic E-state index is -4.55. The van der Waals surface area contributed by atoms with Gasteiger partial charge in [0.15, 0.2) is 6.61 Å². The van der Waals surface area contributed by atoms with Crippen molar-refractivity contribution in [3.05, 3.63) is 63.2 Å². The van der Waals surface area contributed by atoms with E-state index in [2.05, 4.69) is 10.1 Å². The number of carbonyl (C=O) groups excluding carboxylic acids is 1. The van der Waals surface area contributed by atoms with Crippen LogP contribution in [0.3, 0.4) is 0 Å². The van der Waals surface area contributed by atoms with E-state index in [1.807, 2.05) is 0 Å². The normalized spacial score (nSPS) is 11.0. The molecule has 0 saturated heterocycles. The average molecular weight is 375 g/mol. The van der Waals surface area contributed by atoms with Crippen LogP contribution in [-0.2, 0) is 0 Å². The predicted octanol–water partition coefficient (Wildman–Crippen LogP) is 4.44. The molecule has 0 bridgehead atoms. The number of ether oxygens (including phenoxy) is 1. The van der Waals surface area contributed by atoms with E-state index in [9.17, 15) is 28.1 Å². The third-order valence-corrected chi connectivity index (χ3v) is 3.16. The molecule has 6 nitrogen and oxygen atoms in total. The fourth-order valence-corrected chi connectivity index (χ4v) is 2.06. The van der Waals surface area contributed by atoms with Crippen LogP contribution in [0.5, 0.6) is 5.75 Å². The van der Waals surface area contributed by atoms with Crippen molar-refractivity contribution in [1.29, 1.82) is 0 Å². The van der Waals surface area contributed by atoms with Crippen LogP contribution in [0.1, 0.15) is 10.4 Å². The molecule has 0 aromatic heterocycles. The van der Waals surface area contributed by atoms with Gasteiger partial charge in [-0.05, 0) is 24.3 Å². The molecule has 0 atom stereocenters. The minimum Gasteiger partial charge on any atom is -0.482 e. The first-order valence-corrected chi connectivity index (χ1v) is 7.09. The Morgan fingerprint density at radius 3 is 2.56 bits per heavy atom. The van der Waals surface area contributed by atoms with Crippen molar-refractivity contribution in [2.24, 2.45) is 0 Å². The van der Waals surface area contributed by atoms with Gasteiger partial charge in [-0.2, -0.15) is 13.2 Å². The molecule has 0 saturated carbocycles. The zero-order valence-corrected chi connectivity index (χ0v) is 13.1. The van der Waals surface area contributed by atoms with Crippen LogP contribution in [0, 0.1) is 10.1 Å². The van der Waals surface area contributed by atoms with E-state index in [0.717, 1.165) is 12.1 Å². The molecule has 2 rings (SSSR count). The summed E-state index contributed by atoms with van der Waals surface area (Å²) >= 11 is 5.67. The Morgan fingerprint density at radius 2 is 1.92 bits per heavy atom. The molecule has 0 radical (unpaired) electrons. The Hall–Kier alpha value is -2.81. The van der Waals surface area contributed by atoms with E-state index in [0.29, 0.717) is 0 Å². The molecule has 1 N–H and O–H groups in total.